The molecule has 1 N–H and O–H groups in total. The Bertz CT molecular complexity index is 913. The van der Waals surface area contributed by atoms with Gasteiger partial charge in [-0.15, -0.1) is 0 Å². The molecular formula is C22H22FNO3. The number of carbonyl (C=O) groups excluding carboxylic acids is 1. The van der Waals surface area contributed by atoms with Crippen molar-refractivity contribution >= 4 is 16.7 Å². The van der Waals surface area contributed by atoms with Gasteiger partial charge in [0.25, 0.3) is 5.91 Å². The topological polar surface area (TPSA) is 47.6 Å². The van der Waals surface area contributed by atoms with E-state index in [1.807, 2.05) is 49.4 Å². The number of hydrogen-bond acceptors (Lipinski definition) is 3. The van der Waals surface area contributed by atoms with E-state index < -0.39 is 11.9 Å². The monoisotopic (exact) mass is 367 g/mol. The molecule has 0 heterocycles. The molecule has 140 valence electrons. The SMILES string of the molecule is CC[C@H](Oc1ccccc1F)C(=O)NCCOc1ccc2ccccc2c1. The number of para-hydroxylation sites is 1. The van der Waals surface area contributed by atoms with E-state index in [4.69, 9.17) is 9.47 Å². The minimum atomic E-state index is -0.748. The first-order chi connectivity index (χ1) is 13.2. The predicted molar refractivity (Wildman–Crippen MR) is 104 cm³/mol. The van der Waals surface area contributed by atoms with Crippen LogP contribution < -0.4 is 14.8 Å². The van der Waals surface area contributed by atoms with E-state index in [2.05, 4.69) is 5.32 Å². The summed E-state index contributed by atoms with van der Waals surface area (Å²) in [6.45, 7) is 2.49. The lowest BCUT2D eigenvalue weighted by Gasteiger charge is -2.17. The summed E-state index contributed by atoms with van der Waals surface area (Å²) in [6, 6.07) is 20.0. The molecule has 27 heavy (non-hydrogen) atoms. The zero-order valence-electron chi connectivity index (χ0n) is 15.2. The van der Waals surface area contributed by atoms with Crippen molar-refractivity contribution in [2.75, 3.05) is 13.2 Å². The minimum absolute atomic E-state index is 0.0758. The molecule has 0 fully saturated rings. The van der Waals surface area contributed by atoms with Gasteiger partial charge >= 0.3 is 0 Å². The van der Waals surface area contributed by atoms with Crippen LogP contribution in [0.3, 0.4) is 0 Å². The Morgan fingerprint density at radius 2 is 1.78 bits per heavy atom. The van der Waals surface area contributed by atoms with Crippen LogP contribution in [0.25, 0.3) is 10.8 Å². The van der Waals surface area contributed by atoms with Crippen LogP contribution in [0.5, 0.6) is 11.5 Å². The molecule has 3 rings (SSSR count). The molecular weight excluding hydrogens is 345 g/mol. The number of ether oxygens (including phenoxy) is 2. The highest BCUT2D eigenvalue weighted by atomic mass is 19.1. The molecule has 4 nitrogen and oxygen atoms in total. The third-order valence-electron chi connectivity index (χ3n) is 4.16. The molecule has 3 aromatic rings. The number of rotatable bonds is 8. The largest absolute Gasteiger partial charge is 0.492 e. The van der Waals surface area contributed by atoms with Crippen molar-refractivity contribution in [1.82, 2.24) is 5.32 Å². The maximum Gasteiger partial charge on any atom is 0.261 e. The Labute approximate surface area is 157 Å². The summed E-state index contributed by atoms with van der Waals surface area (Å²) in [7, 11) is 0. The zero-order valence-corrected chi connectivity index (χ0v) is 15.2. The van der Waals surface area contributed by atoms with Crippen molar-refractivity contribution < 1.29 is 18.7 Å². The van der Waals surface area contributed by atoms with Crippen LogP contribution >= 0.6 is 0 Å². The van der Waals surface area contributed by atoms with E-state index in [0.717, 1.165) is 16.5 Å². The third-order valence-corrected chi connectivity index (χ3v) is 4.16. The maximum absolute atomic E-state index is 13.7. The lowest BCUT2D eigenvalue weighted by atomic mass is 10.1. The Hall–Kier alpha value is -3.08. The molecule has 0 aliphatic heterocycles. The van der Waals surface area contributed by atoms with Gasteiger partial charge in [-0.05, 0) is 41.5 Å². The summed E-state index contributed by atoms with van der Waals surface area (Å²) in [6.07, 6.45) is -0.311. The van der Waals surface area contributed by atoms with Crippen LogP contribution in [0, 0.1) is 5.82 Å². The molecule has 5 heteroatoms. The first-order valence-corrected chi connectivity index (χ1v) is 8.98. The fourth-order valence-electron chi connectivity index (χ4n) is 2.73. The molecule has 1 amide bonds. The fourth-order valence-corrected chi connectivity index (χ4v) is 2.73. The van der Waals surface area contributed by atoms with Crippen molar-refractivity contribution in [2.24, 2.45) is 0 Å². The van der Waals surface area contributed by atoms with E-state index in [1.165, 1.54) is 12.1 Å². The van der Waals surface area contributed by atoms with Crippen LogP contribution in [0.2, 0.25) is 0 Å². The molecule has 0 saturated heterocycles. The van der Waals surface area contributed by atoms with Crippen molar-refractivity contribution in [1.29, 1.82) is 0 Å². The Balaban J connectivity index is 1.48. The van der Waals surface area contributed by atoms with Gasteiger partial charge in [0.2, 0.25) is 0 Å². The molecule has 0 radical (unpaired) electrons. The molecule has 0 aromatic heterocycles. The Morgan fingerprint density at radius 3 is 2.56 bits per heavy atom. The smallest absolute Gasteiger partial charge is 0.261 e. The van der Waals surface area contributed by atoms with Gasteiger partial charge in [-0.25, -0.2) is 4.39 Å². The van der Waals surface area contributed by atoms with Crippen molar-refractivity contribution in [3.05, 3.63) is 72.5 Å². The summed E-state index contributed by atoms with van der Waals surface area (Å²) < 4.78 is 24.9. The second kappa shape index (κ2) is 9.03. The molecule has 0 unspecified atom stereocenters. The standard InChI is InChI=1S/C22H22FNO3/c1-2-20(27-21-10-6-5-9-19(21)23)22(25)24-13-14-26-18-12-11-16-7-3-4-8-17(16)15-18/h3-12,15,20H,2,13-14H2,1H3,(H,24,25)/t20-/m0/s1. The van der Waals surface area contributed by atoms with E-state index in [-0.39, 0.29) is 11.7 Å². The van der Waals surface area contributed by atoms with Crippen LogP contribution in [-0.2, 0) is 4.79 Å². The van der Waals surface area contributed by atoms with Crippen LogP contribution in [-0.4, -0.2) is 25.2 Å². The van der Waals surface area contributed by atoms with E-state index in [1.54, 1.807) is 12.1 Å². The Morgan fingerprint density at radius 1 is 1.04 bits per heavy atom. The number of carbonyl (C=O) groups is 1. The highest BCUT2D eigenvalue weighted by molar-refractivity contribution is 5.83. The van der Waals surface area contributed by atoms with Crippen LogP contribution in [0.4, 0.5) is 4.39 Å². The summed E-state index contributed by atoms with van der Waals surface area (Å²) >= 11 is 0. The van der Waals surface area contributed by atoms with Gasteiger partial charge in [0.05, 0.1) is 6.54 Å². The number of nitrogens with one attached hydrogen (secondary N) is 1. The van der Waals surface area contributed by atoms with Gasteiger partial charge in [-0.1, -0.05) is 49.4 Å². The lowest BCUT2D eigenvalue weighted by molar-refractivity contribution is -0.128. The van der Waals surface area contributed by atoms with Gasteiger partial charge in [0.1, 0.15) is 12.4 Å². The van der Waals surface area contributed by atoms with Crippen molar-refractivity contribution in [2.45, 2.75) is 19.4 Å². The number of halogens is 1. The number of benzene rings is 3. The quantitative estimate of drug-likeness (QED) is 0.603. The van der Waals surface area contributed by atoms with E-state index in [0.29, 0.717) is 19.6 Å². The maximum atomic E-state index is 13.7. The van der Waals surface area contributed by atoms with Gasteiger partial charge < -0.3 is 14.8 Å². The average Bonchev–Trinajstić information content (AvgIpc) is 2.70. The molecule has 0 aliphatic rings. The first kappa shape index (κ1) is 18.7. The van der Waals surface area contributed by atoms with Crippen molar-refractivity contribution in [3.63, 3.8) is 0 Å². The number of amides is 1. The molecule has 0 saturated carbocycles. The Kier molecular flexibility index (Phi) is 6.26. The first-order valence-electron chi connectivity index (χ1n) is 8.98. The number of hydrogen-bond donors (Lipinski definition) is 1. The van der Waals surface area contributed by atoms with Crippen molar-refractivity contribution in [3.8, 4) is 11.5 Å². The van der Waals surface area contributed by atoms with Crippen LogP contribution in [0.1, 0.15) is 13.3 Å². The van der Waals surface area contributed by atoms with Gasteiger partial charge in [-0.2, -0.15) is 0 Å². The highest BCUT2D eigenvalue weighted by Crippen LogP contribution is 2.20. The molecule has 0 bridgehead atoms. The third kappa shape index (κ3) is 4.97. The highest BCUT2D eigenvalue weighted by Gasteiger charge is 2.19. The van der Waals surface area contributed by atoms with E-state index in [9.17, 15) is 9.18 Å². The lowest BCUT2D eigenvalue weighted by Crippen LogP contribution is -2.39. The second-order valence-electron chi connectivity index (χ2n) is 6.09. The molecule has 0 spiro atoms. The van der Waals surface area contributed by atoms with Crippen LogP contribution in [0.15, 0.2) is 66.7 Å². The number of fused-ring (bicyclic) bond motifs is 1. The van der Waals surface area contributed by atoms with Gasteiger partial charge in [0.15, 0.2) is 17.7 Å². The van der Waals surface area contributed by atoms with Gasteiger partial charge in [-0.3, -0.25) is 4.79 Å². The molecule has 3 aromatic carbocycles. The van der Waals surface area contributed by atoms with E-state index >= 15 is 0 Å². The molecule has 0 aliphatic carbocycles. The summed E-state index contributed by atoms with van der Waals surface area (Å²) in [4.78, 5) is 12.3. The van der Waals surface area contributed by atoms with Gasteiger partial charge in [0, 0.05) is 0 Å². The zero-order chi connectivity index (χ0) is 19.1. The average molecular weight is 367 g/mol. The summed E-state index contributed by atoms with van der Waals surface area (Å²) in [5.74, 6) is 0.0516. The summed E-state index contributed by atoms with van der Waals surface area (Å²) in [5, 5.41) is 5.02. The second-order valence-corrected chi connectivity index (χ2v) is 6.09. The fraction of sp³-hybridized carbons (Fsp3) is 0.227. The molecule has 1 atom stereocenters. The summed E-state index contributed by atoms with van der Waals surface area (Å²) in [5.41, 5.74) is 0. The predicted octanol–water partition coefficient (Wildman–Crippen LogP) is 4.33. The normalized spacial score (nSPS) is 11.8. The minimum Gasteiger partial charge on any atom is -0.492 e.